The second kappa shape index (κ2) is 9.41. The lowest BCUT2D eigenvalue weighted by molar-refractivity contribution is 0.244. The summed E-state index contributed by atoms with van der Waals surface area (Å²) in [7, 11) is 0. The third-order valence-electron chi connectivity index (χ3n) is 6.71. The summed E-state index contributed by atoms with van der Waals surface area (Å²) < 4.78 is 19.1. The summed E-state index contributed by atoms with van der Waals surface area (Å²) >= 11 is 0. The van der Waals surface area contributed by atoms with E-state index in [1.165, 1.54) is 17.7 Å². The van der Waals surface area contributed by atoms with E-state index in [1.54, 1.807) is 17.0 Å². The fourth-order valence-electron chi connectivity index (χ4n) is 4.44. The molecule has 0 fully saturated rings. The Morgan fingerprint density at radius 2 is 1.69 bits per heavy atom. The van der Waals surface area contributed by atoms with Crippen molar-refractivity contribution in [1.29, 1.82) is 0 Å². The number of hydrogen-bond donors (Lipinski definition) is 1. The van der Waals surface area contributed by atoms with Gasteiger partial charge in [0, 0.05) is 11.3 Å². The van der Waals surface area contributed by atoms with Crippen LogP contribution in [0.1, 0.15) is 48.0 Å². The van der Waals surface area contributed by atoms with E-state index in [4.69, 9.17) is 4.52 Å². The van der Waals surface area contributed by atoms with Crippen LogP contribution in [0.2, 0.25) is 0 Å². The number of aromatic nitrogens is 2. The second-order valence-corrected chi connectivity index (χ2v) is 9.01. The summed E-state index contributed by atoms with van der Waals surface area (Å²) in [5.74, 6) is 0.306. The molecule has 3 aromatic carbocycles. The van der Waals surface area contributed by atoms with E-state index in [9.17, 15) is 9.18 Å². The first-order valence-electron chi connectivity index (χ1n) is 11.9. The smallest absolute Gasteiger partial charge is 0.326 e. The number of carbonyl (C=O) groups excluding carboxylic acids is 1. The molecule has 7 heteroatoms. The molecule has 2 amide bonds. The SMILES string of the molecule is CCc1ccc(C2NC(=O)N(c3ccc(C)c(C)c3)C(C)=C2c2nc(-c3ccc(F)cc3)no2)cc1. The van der Waals surface area contributed by atoms with Gasteiger partial charge in [0.1, 0.15) is 5.82 Å². The van der Waals surface area contributed by atoms with E-state index < -0.39 is 6.04 Å². The lowest BCUT2D eigenvalue weighted by Crippen LogP contribution is -2.46. The van der Waals surface area contributed by atoms with Gasteiger partial charge in [0.05, 0.1) is 17.3 Å². The van der Waals surface area contributed by atoms with Crippen molar-refractivity contribution in [1.82, 2.24) is 15.5 Å². The van der Waals surface area contributed by atoms with E-state index >= 15 is 0 Å². The van der Waals surface area contributed by atoms with Crippen LogP contribution < -0.4 is 10.2 Å². The Morgan fingerprint density at radius 1 is 0.972 bits per heavy atom. The Hall–Kier alpha value is -4.26. The average Bonchev–Trinajstić information content (AvgIpc) is 3.36. The zero-order valence-corrected chi connectivity index (χ0v) is 20.7. The Labute approximate surface area is 209 Å². The number of aryl methyl sites for hydroxylation is 3. The summed E-state index contributed by atoms with van der Waals surface area (Å²) in [6, 6.07) is 19.3. The molecule has 36 heavy (non-hydrogen) atoms. The molecule has 0 bridgehead atoms. The fourth-order valence-corrected chi connectivity index (χ4v) is 4.44. The molecule has 0 saturated heterocycles. The van der Waals surface area contributed by atoms with Gasteiger partial charge in [-0.1, -0.05) is 42.4 Å². The normalized spacial score (nSPS) is 15.9. The lowest BCUT2D eigenvalue weighted by Gasteiger charge is -2.35. The number of urea groups is 1. The van der Waals surface area contributed by atoms with Crippen LogP contribution in [0.5, 0.6) is 0 Å². The summed E-state index contributed by atoms with van der Waals surface area (Å²) in [5, 5.41) is 7.29. The number of hydrogen-bond acceptors (Lipinski definition) is 4. The van der Waals surface area contributed by atoms with Gasteiger partial charge < -0.3 is 9.84 Å². The zero-order chi connectivity index (χ0) is 25.4. The lowest BCUT2D eigenvalue weighted by atomic mass is 9.93. The molecule has 0 spiro atoms. The Balaban J connectivity index is 1.65. The molecule has 2 heterocycles. The monoisotopic (exact) mass is 482 g/mol. The minimum Gasteiger partial charge on any atom is -0.334 e. The van der Waals surface area contributed by atoms with Crippen LogP contribution in [-0.4, -0.2) is 16.2 Å². The number of anilines is 1. The van der Waals surface area contributed by atoms with Crippen LogP contribution in [0.25, 0.3) is 17.0 Å². The highest BCUT2D eigenvalue weighted by molar-refractivity contribution is 6.01. The number of nitrogens with zero attached hydrogens (tertiary/aromatic N) is 3. The van der Waals surface area contributed by atoms with Gasteiger partial charge in [-0.25, -0.2) is 9.18 Å². The minimum atomic E-state index is -0.479. The molecule has 0 aliphatic carbocycles. The number of amides is 2. The highest BCUT2D eigenvalue weighted by Crippen LogP contribution is 2.39. The predicted octanol–water partition coefficient (Wildman–Crippen LogP) is 6.76. The van der Waals surface area contributed by atoms with Crippen LogP contribution in [0.4, 0.5) is 14.9 Å². The molecular weight excluding hydrogens is 455 g/mol. The van der Waals surface area contributed by atoms with Crippen molar-refractivity contribution in [2.24, 2.45) is 0 Å². The number of nitrogens with one attached hydrogen (secondary N) is 1. The van der Waals surface area contributed by atoms with Crippen LogP contribution in [-0.2, 0) is 6.42 Å². The van der Waals surface area contributed by atoms with Crippen LogP contribution in [0.15, 0.2) is 77.0 Å². The van der Waals surface area contributed by atoms with Gasteiger partial charge in [-0.2, -0.15) is 4.98 Å². The Morgan fingerprint density at radius 3 is 2.36 bits per heavy atom. The van der Waals surface area contributed by atoms with Crippen molar-refractivity contribution in [2.45, 2.75) is 40.2 Å². The average molecular weight is 483 g/mol. The largest absolute Gasteiger partial charge is 0.334 e. The van der Waals surface area contributed by atoms with Gasteiger partial charge in [-0.15, -0.1) is 0 Å². The molecule has 1 aromatic heterocycles. The van der Waals surface area contributed by atoms with Crippen LogP contribution in [0, 0.1) is 19.7 Å². The first-order chi connectivity index (χ1) is 17.4. The maximum absolute atomic E-state index is 13.4. The van der Waals surface area contributed by atoms with E-state index in [-0.39, 0.29) is 11.8 Å². The molecule has 1 aliphatic rings. The number of benzene rings is 3. The maximum Gasteiger partial charge on any atom is 0.326 e. The first kappa shape index (κ1) is 23.5. The van der Waals surface area contributed by atoms with Crippen molar-refractivity contribution in [3.05, 3.63) is 106 Å². The fraction of sp³-hybridized carbons (Fsp3) is 0.207. The van der Waals surface area contributed by atoms with Crippen LogP contribution >= 0.6 is 0 Å². The van der Waals surface area contributed by atoms with E-state index in [1.807, 2.05) is 51.1 Å². The van der Waals surface area contributed by atoms with Gasteiger partial charge in [-0.05, 0) is 85.8 Å². The third-order valence-corrected chi connectivity index (χ3v) is 6.71. The molecule has 1 unspecified atom stereocenters. The van der Waals surface area contributed by atoms with E-state index in [0.717, 1.165) is 28.8 Å². The van der Waals surface area contributed by atoms with Crippen molar-refractivity contribution >= 4 is 17.3 Å². The molecule has 0 saturated carbocycles. The van der Waals surface area contributed by atoms with E-state index in [0.29, 0.717) is 28.5 Å². The molecule has 5 rings (SSSR count). The van der Waals surface area contributed by atoms with Crippen LogP contribution in [0.3, 0.4) is 0 Å². The molecule has 1 atom stereocenters. The Kier molecular flexibility index (Phi) is 6.14. The zero-order valence-electron chi connectivity index (χ0n) is 20.7. The van der Waals surface area contributed by atoms with E-state index in [2.05, 4.69) is 34.5 Å². The minimum absolute atomic E-state index is 0.234. The topological polar surface area (TPSA) is 71.3 Å². The molecular formula is C29H27FN4O2. The molecule has 6 nitrogen and oxygen atoms in total. The highest BCUT2D eigenvalue weighted by Gasteiger charge is 2.36. The standard InChI is InChI=1S/C29H27FN4O2/c1-5-20-7-9-21(10-8-20)26-25(28-32-27(33-36-28)22-11-13-23(30)14-12-22)19(4)34(29(35)31-26)24-15-6-17(2)18(3)16-24/h6-16,26H,5H2,1-4H3,(H,31,35). The highest BCUT2D eigenvalue weighted by atomic mass is 19.1. The van der Waals surface area contributed by atoms with Gasteiger partial charge in [0.15, 0.2) is 0 Å². The molecule has 0 radical (unpaired) electrons. The van der Waals surface area contributed by atoms with Crippen molar-refractivity contribution < 1.29 is 13.7 Å². The maximum atomic E-state index is 13.4. The quantitative estimate of drug-likeness (QED) is 0.341. The Bertz CT molecular complexity index is 1460. The second-order valence-electron chi connectivity index (χ2n) is 9.01. The predicted molar refractivity (Wildman–Crippen MR) is 138 cm³/mol. The first-order valence-corrected chi connectivity index (χ1v) is 11.9. The summed E-state index contributed by atoms with van der Waals surface area (Å²) in [6.45, 7) is 8.04. The third kappa shape index (κ3) is 4.28. The number of halogens is 1. The van der Waals surface area contributed by atoms with Crippen molar-refractivity contribution in [2.75, 3.05) is 4.90 Å². The van der Waals surface area contributed by atoms with Gasteiger partial charge in [0.2, 0.25) is 5.82 Å². The summed E-state index contributed by atoms with van der Waals surface area (Å²) in [6.07, 6.45) is 0.921. The number of allylic oxidation sites excluding steroid dienone is 1. The number of rotatable bonds is 5. The molecule has 1 aliphatic heterocycles. The van der Waals surface area contributed by atoms with Crippen molar-refractivity contribution in [3.63, 3.8) is 0 Å². The summed E-state index contributed by atoms with van der Waals surface area (Å²) in [4.78, 5) is 19.7. The summed E-state index contributed by atoms with van der Waals surface area (Å²) in [5.41, 5.74) is 7.14. The van der Waals surface area contributed by atoms with Gasteiger partial charge in [0.25, 0.3) is 5.89 Å². The van der Waals surface area contributed by atoms with Crippen molar-refractivity contribution in [3.8, 4) is 11.4 Å². The number of carbonyl (C=O) groups is 1. The molecule has 182 valence electrons. The molecule has 4 aromatic rings. The molecule has 1 N–H and O–H groups in total. The van der Waals surface area contributed by atoms with Gasteiger partial charge in [-0.3, -0.25) is 4.90 Å². The van der Waals surface area contributed by atoms with Gasteiger partial charge >= 0.3 is 6.03 Å².